The molecular formula is C28H31Cl2N3O5S. The van der Waals surface area contributed by atoms with Crippen LogP contribution in [0.5, 0.6) is 5.75 Å². The van der Waals surface area contributed by atoms with Crippen molar-refractivity contribution in [3.63, 3.8) is 0 Å². The maximum Gasteiger partial charge on any atom is 0.264 e. The molecule has 0 aliphatic rings. The zero-order valence-corrected chi connectivity index (χ0v) is 24.3. The molecular weight excluding hydrogens is 561 g/mol. The van der Waals surface area contributed by atoms with E-state index in [9.17, 15) is 18.0 Å². The molecule has 0 radical (unpaired) electrons. The normalized spacial score (nSPS) is 11.9. The van der Waals surface area contributed by atoms with Crippen LogP contribution in [0.15, 0.2) is 77.7 Å². The highest BCUT2D eigenvalue weighted by molar-refractivity contribution is 7.92. The molecule has 8 nitrogen and oxygen atoms in total. The molecule has 0 aliphatic carbocycles. The van der Waals surface area contributed by atoms with Gasteiger partial charge < -0.3 is 15.0 Å². The highest BCUT2D eigenvalue weighted by Crippen LogP contribution is 2.28. The van der Waals surface area contributed by atoms with Crippen molar-refractivity contribution in [3.05, 3.63) is 88.4 Å². The van der Waals surface area contributed by atoms with E-state index < -0.39 is 28.5 Å². The van der Waals surface area contributed by atoms with Gasteiger partial charge in [0.2, 0.25) is 11.8 Å². The fourth-order valence-corrected chi connectivity index (χ4v) is 5.61. The Balaban J connectivity index is 2.03. The second-order valence-corrected chi connectivity index (χ2v) is 11.5. The topological polar surface area (TPSA) is 96.0 Å². The number of sulfonamides is 1. The Morgan fingerprint density at radius 1 is 1.00 bits per heavy atom. The number of ether oxygens (including phenoxy) is 1. The van der Waals surface area contributed by atoms with Crippen molar-refractivity contribution in [2.45, 2.75) is 37.8 Å². The number of rotatable bonds is 12. The lowest BCUT2D eigenvalue weighted by molar-refractivity contribution is -0.139. The van der Waals surface area contributed by atoms with Crippen molar-refractivity contribution >= 4 is 50.7 Å². The average molecular weight is 593 g/mol. The minimum atomic E-state index is -4.22. The summed E-state index contributed by atoms with van der Waals surface area (Å²) in [4.78, 5) is 28.1. The van der Waals surface area contributed by atoms with Crippen LogP contribution in [-0.4, -0.2) is 51.4 Å². The van der Waals surface area contributed by atoms with E-state index >= 15 is 0 Å². The van der Waals surface area contributed by atoms with Crippen LogP contribution in [0.3, 0.4) is 0 Å². The molecule has 0 saturated carbocycles. The first-order valence-corrected chi connectivity index (χ1v) is 14.5. The maximum absolute atomic E-state index is 13.9. The monoisotopic (exact) mass is 591 g/mol. The average Bonchev–Trinajstić information content (AvgIpc) is 2.93. The van der Waals surface area contributed by atoms with Crippen LogP contribution < -0.4 is 14.4 Å². The van der Waals surface area contributed by atoms with E-state index in [1.165, 1.54) is 42.3 Å². The largest absolute Gasteiger partial charge is 0.497 e. The summed E-state index contributed by atoms with van der Waals surface area (Å²) in [6, 6.07) is 18.1. The predicted octanol–water partition coefficient (Wildman–Crippen LogP) is 5.14. The number of benzene rings is 3. The highest BCUT2D eigenvalue weighted by atomic mass is 35.5. The molecule has 0 aliphatic heterocycles. The number of nitrogens with zero attached hydrogens (tertiary/aromatic N) is 2. The number of carbonyl (C=O) groups excluding carboxylic acids is 2. The fourth-order valence-electron chi connectivity index (χ4n) is 3.82. The number of amides is 2. The van der Waals surface area contributed by atoms with E-state index in [1.807, 2.05) is 6.92 Å². The molecule has 208 valence electrons. The molecule has 0 unspecified atom stereocenters. The SMILES string of the molecule is CCCNC(=O)[C@H](C)N(Cc1ccccc1Cl)C(=O)CN(c1cccc(Cl)c1)S(=O)(=O)c1ccc(OC)cc1. The third-order valence-electron chi connectivity index (χ3n) is 6.04. The molecule has 3 aromatic rings. The number of carbonyl (C=O) groups is 2. The second kappa shape index (κ2) is 13.7. The van der Waals surface area contributed by atoms with Crippen LogP contribution in [0.2, 0.25) is 10.0 Å². The van der Waals surface area contributed by atoms with E-state index in [1.54, 1.807) is 49.4 Å². The van der Waals surface area contributed by atoms with Gasteiger partial charge in [-0.2, -0.15) is 0 Å². The summed E-state index contributed by atoms with van der Waals surface area (Å²) in [6.07, 6.45) is 0.722. The van der Waals surface area contributed by atoms with Crippen LogP contribution >= 0.6 is 23.2 Å². The van der Waals surface area contributed by atoms with E-state index in [0.717, 1.165) is 10.7 Å². The van der Waals surface area contributed by atoms with Crippen LogP contribution in [0.25, 0.3) is 0 Å². The summed E-state index contributed by atoms with van der Waals surface area (Å²) in [7, 11) is -2.74. The minimum Gasteiger partial charge on any atom is -0.497 e. The molecule has 0 spiro atoms. The summed E-state index contributed by atoms with van der Waals surface area (Å²) >= 11 is 12.6. The first-order chi connectivity index (χ1) is 18.6. The van der Waals surface area contributed by atoms with E-state index in [-0.39, 0.29) is 23.0 Å². The lowest BCUT2D eigenvalue weighted by Crippen LogP contribution is -2.51. The van der Waals surface area contributed by atoms with Gasteiger partial charge in [0.05, 0.1) is 17.7 Å². The van der Waals surface area contributed by atoms with Crippen molar-refractivity contribution in [2.75, 3.05) is 24.5 Å². The molecule has 0 bridgehead atoms. The molecule has 1 atom stereocenters. The van der Waals surface area contributed by atoms with E-state index in [2.05, 4.69) is 5.32 Å². The number of anilines is 1. The first-order valence-electron chi connectivity index (χ1n) is 12.3. The summed E-state index contributed by atoms with van der Waals surface area (Å²) < 4.78 is 33.8. The zero-order chi connectivity index (χ0) is 28.6. The molecule has 0 fully saturated rings. The second-order valence-electron chi connectivity index (χ2n) is 8.75. The van der Waals surface area contributed by atoms with Crippen LogP contribution in [0, 0.1) is 0 Å². The summed E-state index contributed by atoms with van der Waals surface area (Å²) in [6.45, 7) is 3.39. The Kier molecular flexibility index (Phi) is 10.6. The molecule has 3 rings (SSSR count). The van der Waals surface area contributed by atoms with Crippen molar-refractivity contribution in [2.24, 2.45) is 0 Å². The fraction of sp³-hybridized carbons (Fsp3) is 0.286. The van der Waals surface area contributed by atoms with E-state index in [4.69, 9.17) is 27.9 Å². The number of methoxy groups -OCH3 is 1. The molecule has 0 heterocycles. The number of nitrogens with one attached hydrogen (secondary N) is 1. The van der Waals surface area contributed by atoms with Crippen molar-refractivity contribution in [1.29, 1.82) is 0 Å². The molecule has 0 saturated heterocycles. The lowest BCUT2D eigenvalue weighted by Gasteiger charge is -2.32. The Labute approximate surface area is 239 Å². The Morgan fingerprint density at radius 3 is 2.31 bits per heavy atom. The Morgan fingerprint density at radius 2 is 1.69 bits per heavy atom. The predicted molar refractivity (Wildman–Crippen MR) is 154 cm³/mol. The first kappa shape index (κ1) is 30.3. The third-order valence-corrected chi connectivity index (χ3v) is 8.43. The summed E-state index contributed by atoms with van der Waals surface area (Å²) in [5.41, 5.74) is 0.822. The van der Waals surface area contributed by atoms with Crippen molar-refractivity contribution < 1.29 is 22.7 Å². The van der Waals surface area contributed by atoms with Gasteiger partial charge >= 0.3 is 0 Å². The molecule has 3 aromatic carbocycles. The highest BCUT2D eigenvalue weighted by Gasteiger charge is 2.32. The minimum absolute atomic E-state index is 0.00515. The lowest BCUT2D eigenvalue weighted by atomic mass is 10.1. The van der Waals surface area contributed by atoms with Gasteiger partial charge in [0.15, 0.2) is 0 Å². The van der Waals surface area contributed by atoms with Gasteiger partial charge in [-0.3, -0.25) is 13.9 Å². The number of halogens is 2. The smallest absolute Gasteiger partial charge is 0.264 e. The molecule has 39 heavy (non-hydrogen) atoms. The quantitative estimate of drug-likeness (QED) is 0.314. The van der Waals surface area contributed by atoms with Gasteiger partial charge in [-0.1, -0.05) is 54.4 Å². The van der Waals surface area contributed by atoms with Crippen molar-refractivity contribution in [3.8, 4) is 5.75 Å². The Hall–Kier alpha value is -3.27. The molecule has 11 heteroatoms. The standard InChI is InChI=1S/C28H31Cl2N3O5S/c1-4-16-31-28(35)20(2)32(18-21-8-5-6-11-26(21)30)27(34)19-33(23-10-7-9-22(29)17-23)39(36,37)25-14-12-24(38-3)13-15-25/h5-15,17,20H,4,16,18-19H2,1-3H3,(H,31,35)/t20-/m0/s1. The summed E-state index contributed by atoms with van der Waals surface area (Å²) in [5, 5.41) is 3.53. The van der Waals surface area contributed by atoms with Gasteiger partial charge in [0.25, 0.3) is 10.0 Å². The third kappa shape index (κ3) is 7.65. The maximum atomic E-state index is 13.9. The van der Waals surface area contributed by atoms with Gasteiger partial charge in [0.1, 0.15) is 18.3 Å². The molecule has 0 aromatic heterocycles. The van der Waals surface area contributed by atoms with Gasteiger partial charge in [0, 0.05) is 23.1 Å². The number of hydrogen-bond acceptors (Lipinski definition) is 5. The Bertz CT molecular complexity index is 1400. The van der Waals surface area contributed by atoms with Crippen LogP contribution in [-0.2, 0) is 26.2 Å². The van der Waals surface area contributed by atoms with Crippen LogP contribution in [0.1, 0.15) is 25.8 Å². The van der Waals surface area contributed by atoms with E-state index in [0.29, 0.717) is 27.9 Å². The van der Waals surface area contributed by atoms with Crippen molar-refractivity contribution in [1.82, 2.24) is 10.2 Å². The van der Waals surface area contributed by atoms with Gasteiger partial charge in [-0.25, -0.2) is 8.42 Å². The summed E-state index contributed by atoms with van der Waals surface area (Å²) in [5.74, 6) is -0.465. The van der Waals surface area contributed by atoms with Gasteiger partial charge in [-0.15, -0.1) is 0 Å². The van der Waals surface area contributed by atoms with Gasteiger partial charge in [-0.05, 0) is 67.4 Å². The van der Waals surface area contributed by atoms with Crippen LogP contribution in [0.4, 0.5) is 5.69 Å². The zero-order valence-electron chi connectivity index (χ0n) is 21.9. The number of hydrogen-bond donors (Lipinski definition) is 1. The molecule has 1 N–H and O–H groups in total. The molecule has 2 amide bonds.